The number of nitrogens with zero attached hydrogens (tertiary/aromatic N) is 1. The maximum absolute atomic E-state index is 12.6. The third kappa shape index (κ3) is 10.6. The molecule has 0 saturated carbocycles. The molecule has 2 rings (SSSR count). The van der Waals surface area contributed by atoms with Crippen LogP contribution in [0.25, 0.3) is 0 Å². The number of carbonyl (C=O) groups is 1. The fraction of sp³-hybridized carbons (Fsp3) is 0.708. The molecule has 1 heterocycles. The molecule has 1 aromatic rings. The summed E-state index contributed by atoms with van der Waals surface area (Å²) < 4.78 is 5.44. The third-order valence-electron chi connectivity index (χ3n) is 5.73. The van der Waals surface area contributed by atoms with Gasteiger partial charge in [0, 0.05) is 38.4 Å². The summed E-state index contributed by atoms with van der Waals surface area (Å²) in [5.41, 5.74) is 0.907. The van der Waals surface area contributed by atoms with E-state index in [0.29, 0.717) is 18.6 Å². The van der Waals surface area contributed by atoms with E-state index in [9.17, 15) is 9.90 Å². The smallest absolute Gasteiger partial charge is 0.133 e. The molecule has 1 aliphatic rings. The Morgan fingerprint density at radius 2 is 1.66 bits per heavy atom. The van der Waals surface area contributed by atoms with Crippen molar-refractivity contribution in [3.05, 3.63) is 35.9 Å². The van der Waals surface area contributed by atoms with Crippen LogP contribution in [0.2, 0.25) is 0 Å². The minimum atomic E-state index is -0.595. The van der Waals surface area contributed by atoms with Crippen molar-refractivity contribution in [2.24, 2.45) is 5.92 Å². The first-order chi connectivity index (χ1) is 13.7. The highest BCUT2D eigenvalue weighted by atomic mass is 35.5. The zero-order chi connectivity index (χ0) is 20.0. The maximum atomic E-state index is 12.6. The summed E-state index contributed by atoms with van der Waals surface area (Å²) in [6, 6.07) is 9.77. The van der Waals surface area contributed by atoms with E-state index in [2.05, 4.69) is 11.8 Å². The van der Waals surface area contributed by atoms with Gasteiger partial charge in [-0.3, -0.25) is 9.69 Å². The Morgan fingerprint density at radius 1 is 1.03 bits per heavy atom. The van der Waals surface area contributed by atoms with Gasteiger partial charge >= 0.3 is 0 Å². The summed E-state index contributed by atoms with van der Waals surface area (Å²) in [4.78, 5) is 14.9. The number of hydrogen-bond acceptors (Lipinski definition) is 4. The summed E-state index contributed by atoms with van der Waals surface area (Å²) in [6.45, 7) is 6.21. The fourth-order valence-corrected chi connectivity index (χ4v) is 3.99. The van der Waals surface area contributed by atoms with Crippen LogP contribution in [-0.2, 0) is 9.53 Å². The van der Waals surface area contributed by atoms with E-state index in [0.717, 1.165) is 51.3 Å². The first kappa shape index (κ1) is 26.1. The SMILES string of the molecule is CCCCCCCCCC(=O)C[C@H](CN1CCOCC1)[C@H](O)c1ccccc1.Cl. The number of ketones is 1. The zero-order valence-corrected chi connectivity index (χ0v) is 18.9. The normalized spacial score (nSPS) is 16.8. The second-order valence-electron chi connectivity index (χ2n) is 8.14. The number of ether oxygens (including phenoxy) is 1. The Labute approximate surface area is 183 Å². The van der Waals surface area contributed by atoms with Gasteiger partial charge in [0.05, 0.1) is 19.3 Å². The molecule has 4 nitrogen and oxygen atoms in total. The van der Waals surface area contributed by atoms with Crippen LogP contribution < -0.4 is 0 Å². The van der Waals surface area contributed by atoms with Crippen LogP contribution in [0, 0.1) is 5.92 Å². The van der Waals surface area contributed by atoms with Crippen molar-refractivity contribution in [3.63, 3.8) is 0 Å². The molecular formula is C24H40ClNO3. The van der Waals surface area contributed by atoms with Gasteiger partial charge in [-0.2, -0.15) is 0 Å². The Kier molecular flexibility index (Phi) is 14.3. The van der Waals surface area contributed by atoms with Gasteiger partial charge in [0.15, 0.2) is 0 Å². The highest BCUT2D eigenvalue weighted by Crippen LogP contribution is 2.27. The van der Waals surface area contributed by atoms with Crippen molar-refractivity contribution in [1.82, 2.24) is 4.90 Å². The van der Waals surface area contributed by atoms with E-state index >= 15 is 0 Å². The van der Waals surface area contributed by atoms with E-state index in [4.69, 9.17) is 4.74 Å². The van der Waals surface area contributed by atoms with Gasteiger partial charge in [0.2, 0.25) is 0 Å². The number of morpholine rings is 1. The fourth-order valence-electron chi connectivity index (χ4n) is 3.99. The largest absolute Gasteiger partial charge is 0.388 e. The van der Waals surface area contributed by atoms with Crippen LogP contribution in [0.15, 0.2) is 30.3 Å². The predicted molar refractivity (Wildman–Crippen MR) is 122 cm³/mol. The second kappa shape index (κ2) is 15.8. The summed E-state index contributed by atoms with van der Waals surface area (Å²) >= 11 is 0. The molecule has 1 aromatic carbocycles. The molecular weight excluding hydrogens is 386 g/mol. The van der Waals surface area contributed by atoms with Crippen LogP contribution >= 0.6 is 12.4 Å². The summed E-state index contributed by atoms with van der Waals surface area (Å²) in [6.07, 6.45) is 9.06. The van der Waals surface area contributed by atoms with Gasteiger partial charge < -0.3 is 9.84 Å². The summed E-state index contributed by atoms with van der Waals surface area (Å²) in [5.74, 6) is 0.236. The summed E-state index contributed by atoms with van der Waals surface area (Å²) in [7, 11) is 0. The Balaban J connectivity index is 0.00000420. The molecule has 0 spiro atoms. The average molecular weight is 426 g/mol. The maximum Gasteiger partial charge on any atom is 0.133 e. The Bertz CT molecular complexity index is 534. The molecule has 0 unspecified atom stereocenters. The van der Waals surface area contributed by atoms with Gasteiger partial charge in [-0.1, -0.05) is 75.8 Å². The molecule has 0 radical (unpaired) electrons. The molecule has 1 fully saturated rings. The van der Waals surface area contributed by atoms with Gasteiger partial charge in [-0.05, 0) is 12.0 Å². The Hall–Kier alpha value is -0.940. The molecule has 1 saturated heterocycles. The Morgan fingerprint density at radius 3 is 2.31 bits per heavy atom. The van der Waals surface area contributed by atoms with Gasteiger partial charge in [-0.15, -0.1) is 12.4 Å². The summed E-state index contributed by atoms with van der Waals surface area (Å²) in [5, 5.41) is 10.9. The van der Waals surface area contributed by atoms with Crippen molar-refractivity contribution in [2.45, 2.75) is 70.8 Å². The molecule has 0 aliphatic carbocycles. The molecule has 166 valence electrons. The lowest BCUT2D eigenvalue weighted by Gasteiger charge is -2.32. The molecule has 0 aromatic heterocycles. The second-order valence-corrected chi connectivity index (χ2v) is 8.14. The number of aliphatic hydroxyl groups excluding tert-OH is 1. The average Bonchev–Trinajstić information content (AvgIpc) is 2.73. The topological polar surface area (TPSA) is 49.8 Å². The number of carbonyl (C=O) groups excluding carboxylic acids is 1. The van der Waals surface area contributed by atoms with E-state index < -0.39 is 6.10 Å². The molecule has 1 aliphatic heterocycles. The molecule has 2 atom stereocenters. The van der Waals surface area contributed by atoms with Gasteiger partial charge in [-0.25, -0.2) is 0 Å². The van der Waals surface area contributed by atoms with Crippen molar-refractivity contribution < 1.29 is 14.6 Å². The van der Waals surface area contributed by atoms with Crippen LogP contribution in [0.4, 0.5) is 0 Å². The molecule has 0 amide bonds. The number of hydrogen-bond donors (Lipinski definition) is 1. The van der Waals surface area contributed by atoms with E-state index in [1.165, 1.54) is 32.1 Å². The van der Waals surface area contributed by atoms with E-state index in [1.807, 2.05) is 30.3 Å². The first-order valence-electron chi connectivity index (χ1n) is 11.3. The number of halogens is 1. The van der Waals surface area contributed by atoms with Gasteiger partial charge in [0.25, 0.3) is 0 Å². The van der Waals surface area contributed by atoms with Crippen molar-refractivity contribution in [3.8, 4) is 0 Å². The van der Waals surface area contributed by atoms with Crippen LogP contribution in [0.3, 0.4) is 0 Å². The zero-order valence-electron chi connectivity index (χ0n) is 18.1. The van der Waals surface area contributed by atoms with Crippen molar-refractivity contribution >= 4 is 18.2 Å². The number of rotatable bonds is 14. The lowest BCUT2D eigenvalue weighted by Crippen LogP contribution is -2.41. The lowest BCUT2D eigenvalue weighted by atomic mass is 9.89. The first-order valence-corrected chi connectivity index (χ1v) is 11.3. The quantitative estimate of drug-likeness (QED) is 0.416. The predicted octanol–water partition coefficient (Wildman–Crippen LogP) is 5.19. The molecule has 1 N–H and O–H groups in total. The van der Waals surface area contributed by atoms with E-state index in [-0.39, 0.29) is 18.3 Å². The minimum absolute atomic E-state index is 0. The molecule has 5 heteroatoms. The standard InChI is InChI=1S/C24H39NO3.ClH/c1-2-3-4-5-6-7-11-14-23(26)19-22(20-25-15-17-28-18-16-25)24(27)21-12-9-8-10-13-21;/h8-10,12-13,22,24,27H,2-7,11,14-20H2,1H3;1H/t22-,24-;/m1./s1. The van der Waals surface area contributed by atoms with Crippen molar-refractivity contribution in [2.75, 3.05) is 32.8 Å². The van der Waals surface area contributed by atoms with Crippen LogP contribution in [0.5, 0.6) is 0 Å². The van der Waals surface area contributed by atoms with Crippen molar-refractivity contribution in [1.29, 1.82) is 0 Å². The molecule has 0 bridgehead atoms. The third-order valence-corrected chi connectivity index (χ3v) is 5.73. The minimum Gasteiger partial charge on any atom is -0.388 e. The molecule has 29 heavy (non-hydrogen) atoms. The lowest BCUT2D eigenvalue weighted by molar-refractivity contribution is -0.121. The number of benzene rings is 1. The van der Waals surface area contributed by atoms with Crippen LogP contribution in [0.1, 0.15) is 76.4 Å². The monoisotopic (exact) mass is 425 g/mol. The number of unbranched alkanes of at least 4 members (excludes halogenated alkanes) is 6. The highest BCUT2D eigenvalue weighted by Gasteiger charge is 2.26. The van der Waals surface area contributed by atoms with Gasteiger partial charge in [0.1, 0.15) is 5.78 Å². The van der Waals surface area contributed by atoms with E-state index in [1.54, 1.807) is 0 Å². The van der Waals surface area contributed by atoms with Crippen LogP contribution in [-0.4, -0.2) is 48.6 Å². The number of aliphatic hydroxyl groups is 1. The highest BCUT2D eigenvalue weighted by molar-refractivity contribution is 5.85. The number of Topliss-reactive ketones (excluding diaryl/α,β-unsaturated/α-hetero) is 1.